The minimum atomic E-state index is -2.08. The van der Waals surface area contributed by atoms with Crippen LogP contribution in [0.1, 0.15) is 6.42 Å². The Bertz CT molecular complexity index is 109. The second-order valence-corrected chi connectivity index (χ2v) is 10.6. The molecule has 0 rings (SSSR count). The highest BCUT2D eigenvalue weighted by atomic mass is 35.7. The van der Waals surface area contributed by atoms with E-state index in [4.69, 9.17) is 33.8 Å². The highest BCUT2D eigenvalue weighted by Gasteiger charge is 2.21. The normalized spacial score (nSPS) is 11.6. The van der Waals surface area contributed by atoms with Gasteiger partial charge in [-0.2, -0.15) is 0 Å². The molecule has 5 heteroatoms. The first-order valence-corrected chi connectivity index (χ1v) is 7.59. The van der Waals surface area contributed by atoms with E-state index < -0.39 is 6.69 Å². The molecular weight excluding hydrogens is 198 g/mol. The van der Waals surface area contributed by atoms with Crippen molar-refractivity contribution in [2.24, 2.45) is 0 Å². The van der Waals surface area contributed by atoms with Gasteiger partial charge >= 0.3 is 0 Å². The molecule has 9 heavy (non-hydrogen) atoms. The number of halogens is 3. The van der Waals surface area contributed by atoms with Crippen LogP contribution < -0.4 is 0 Å². The minimum absolute atomic E-state index is 0.289. The third-order valence-corrected chi connectivity index (χ3v) is 3.21. The molecule has 0 aliphatic carbocycles. The number of carbonyl (C=O) groups excluding carboxylic acids is 1. The molecule has 0 saturated heterocycles. The Hall–Kier alpha value is 0.757. The van der Waals surface area contributed by atoms with Crippen molar-refractivity contribution < 1.29 is 4.79 Å². The minimum Gasteiger partial charge on any atom is -0.281 e. The van der Waals surface area contributed by atoms with Gasteiger partial charge in [-0.05, 0) is 24.2 Å². The van der Waals surface area contributed by atoms with E-state index >= 15 is 0 Å². The first-order valence-electron chi connectivity index (χ1n) is 2.48. The standard InChI is InChI=1S/C4H7Cl3OSi/c1-9(6,7)3-2-4(5)8/h2-3H2,1H3. The van der Waals surface area contributed by atoms with Crippen molar-refractivity contribution >= 4 is 45.7 Å². The summed E-state index contributed by atoms with van der Waals surface area (Å²) in [4.78, 5) is 10.2. The molecule has 54 valence electrons. The number of carbonyl (C=O) groups is 1. The van der Waals surface area contributed by atoms with Crippen molar-refractivity contribution in [3.63, 3.8) is 0 Å². The third-order valence-electron chi connectivity index (χ3n) is 0.761. The maximum absolute atomic E-state index is 10.2. The van der Waals surface area contributed by atoms with Gasteiger partial charge in [0.25, 0.3) is 0 Å². The fourth-order valence-corrected chi connectivity index (χ4v) is 1.80. The molecule has 0 aliphatic rings. The van der Waals surface area contributed by atoms with Crippen LogP contribution in [-0.4, -0.2) is 11.9 Å². The summed E-state index contributed by atoms with van der Waals surface area (Å²) in [5, 5.41) is -0.366. The molecule has 0 heterocycles. The van der Waals surface area contributed by atoms with Crippen LogP contribution in [0, 0.1) is 0 Å². The van der Waals surface area contributed by atoms with Crippen LogP contribution in [0.25, 0.3) is 0 Å². The molecule has 0 aromatic heterocycles. The van der Waals surface area contributed by atoms with Gasteiger partial charge in [-0.3, -0.25) is 4.79 Å². The molecule has 0 atom stereocenters. The summed E-state index contributed by atoms with van der Waals surface area (Å²) in [5.41, 5.74) is 0. The molecule has 0 saturated carbocycles. The van der Waals surface area contributed by atoms with E-state index in [0.717, 1.165) is 0 Å². The second kappa shape index (κ2) is 3.81. The zero-order valence-electron chi connectivity index (χ0n) is 4.96. The van der Waals surface area contributed by atoms with Crippen molar-refractivity contribution in [2.75, 3.05) is 0 Å². The molecule has 1 nitrogen and oxygen atoms in total. The van der Waals surface area contributed by atoms with Gasteiger partial charge in [0, 0.05) is 6.42 Å². The van der Waals surface area contributed by atoms with Crippen LogP contribution in [0.5, 0.6) is 0 Å². The van der Waals surface area contributed by atoms with Crippen LogP contribution in [0.15, 0.2) is 0 Å². The maximum Gasteiger partial charge on any atom is 0.248 e. The molecule has 0 aromatic carbocycles. The summed E-state index contributed by atoms with van der Waals surface area (Å²) in [6.07, 6.45) is 0.289. The third kappa shape index (κ3) is 8.76. The second-order valence-electron chi connectivity index (χ2n) is 1.93. The Balaban J connectivity index is 3.39. The van der Waals surface area contributed by atoms with E-state index in [1.807, 2.05) is 0 Å². The maximum atomic E-state index is 10.2. The Morgan fingerprint density at radius 2 is 2.00 bits per heavy atom. The predicted molar refractivity (Wildman–Crippen MR) is 43.6 cm³/mol. The molecule has 0 spiro atoms. The van der Waals surface area contributed by atoms with E-state index in [-0.39, 0.29) is 11.7 Å². The topological polar surface area (TPSA) is 17.1 Å². The summed E-state index contributed by atoms with van der Waals surface area (Å²) in [6, 6.07) is 0.540. The lowest BCUT2D eigenvalue weighted by Crippen LogP contribution is -2.12. The SMILES string of the molecule is C[Si](Cl)(Cl)CCC(=O)Cl. The molecule has 0 aliphatic heterocycles. The smallest absolute Gasteiger partial charge is 0.248 e. The van der Waals surface area contributed by atoms with Crippen molar-refractivity contribution in [1.82, 2.24) is 0 Å². The average Bonchev–Trinajstić information content (AvgIpc) is 1.59. The zero-order chi connectivity index (χ0) is 7.49. The molecule has 0 fully saturated rings. The summed E-state index contributed by atoms with van der Waals surface area (Å²) in [6.45, 7) is -0.321. The number of hydrogen-bond donors (Lipinski definition) is 0. The molecule has 0 aromatic rings. The van der Waals surface area contributed by atoms with Gasteiger partial charge in [0.15, 0.2) is 0 Å². The van der Waals surface area contributed by atoms with E-state index in [2.05, 4.69) is 0 Å². The molecule has 0 amide bonds. The zero-order valence-corrected chi connectivity index (χ0v) is 8.22. The first kappa shape index (κ1) is 9.76. The number of rotatable bonds is 3. The highest BCUT2D eigenvalue weighted by molar-refractivity contribution is 7.44. The lowest BCUT2D eigenvalue weighted by molar-refractivity contribution is -0.111. The highest BCUT2D eigenvalue weighted by Crippen LogP contribution is 2.21. The molecule has 0 unspecified atom stereocenters. The van der Waals surface area contributed by atoms with Gasteiger partial charge in [-0.25, -0.2) is 0 Å². The van der Waals surface area contributed by atoms with E-state index in [0.29, 0.717) is 6.04 Å². The molecule has 0 N–H and O–H groups in total. The van der Waals surface area contributed by atoms with Gasteiger partial charge in [0.1, 0.15) is 0 Å². The van der Waals surface area contributed by atoms with Crippen LogP contribution >= 0.6 is 33.8 Å². The summed E-state index contributed by atoms with van der Waals surface area (Å²) in [5.74, 6) is 0. The Labute approximate surface area is 69.7 Å². The largest absolute Gasteiger partial charge is 0.281 e. The van der Waals surface area contributed by atoms with Gasteiger partial charge in [-0.1, -0.05) is 0 Å². The van der Waals surface area contributed by atoms with Crippen molar-refractivity contribution in [3.05, 3.63) is 0 Å². The van der Waals surface area contributed by atoms with Crippen LogP contribution in [0.4, 0.5) is 0 Å². The summed E-state index contributed by atoms with van der Waals surface area (Å²) >= 11 is 16.4. The van der Waals surface area contributed by atoms with Gasteiger partial charge in [-0.15, -0.1) is 22.2 Å². The lowest BCUT2D eigenvalue weighted by Gasteiger charge is -2.05. The lowest BCUT2D eigenvalue weighted by atomic mass is 10.5. The number of hydrogen-bond acceptors (Lipinski definition) is 1. The predicted octanol–water partition coefficient (Wildman–Crippen LogP) is 2.69. The first-order chi connectivity index (χ1) is 3.92. The van der Waals surface area contributed by atoms with Crippen molar-refractivity contribution in [2.45, 2.75) is 19.0 Å². The average molecular weight is 206 g/mol. The summed E-state index contributed by atoms with van der Waals surface area (Å²) in [7, 11) is 0. The Morgan fingerprint density at radius 1 is 1.56 bits per heavy atom. The van der Waals surface area contributed by atoms with Gasteiger partial charge < -0.3 is 0 Å². The van der Waals surface area contributed by atoms with Crippen LogP contribution in [0.3, 0.4) is 0 Å². The Morgan fingerprint density at radius 3 is 2.11 bits per heavy atom. The Kier molecular flexibility index (Phi) is 4.13. The quantitative estimate of drug-likeness (QED) is 0.393. The fraction of sp³-hybridized carbons (Fsp3) is 0.750. The fourth-order valence-electron chi connectivity index (χ4n) is 0.318. The van der Waals surface area contributed by atoms with Crippen LogP contribution in [-0.2, 0) is 4.79 Å². The monoisotopic (exact) mass is 204 g/mol. The van der Waals surface area contributed by atoms with Gasteiger partial charge in [0.2, 0.25) is 11.9 Å². The molecule has 0 bridgehead atoms. The molecule has 0 radical (unpaired) electrons. The van der Waals surface area contributed by atoms with E-state index in [1.165, 1.54) is 0 Å². The van der Waals surface area contributed by atoms with Crippen molar-refractivity contribution in [3.8, 4) is 0 Å². The van der Waals surface area contributed by atoms with Gasteiger partial charge in [0.05, 0.1) is 0 Å². The van der Waals surface area contributed by atoms with Crippen molar-refractivity contribution in [1.29, 1.82) is 0 Å². The summed E-state index contributed by atoms with van der Waals surface area (Å²) < 4.78 is 0. The van der Waals surface area contributed by atoms with E-state index in [1.54, 1.807) is 6.55 Å². The van der Waals surface area contributed by atoms with Crippen LogP contribution in [0.2, 0.25) is 12.6 Å². The molecular formula is C4H7Cl3OSi. The van der Waals surface area contributed by atoms with E-state index in [9.17, 15) is 4.79 Å².